The minimum absolute atomic E-state index is 0.000783. The predicted molar refractivity (Wildman–Crippen MR) is 98.3 cm³/mol. The van der Waals surface area contributed by atoms with E-state index in [-0.39, 0.29) is 43.9 Å². The van der Waals surface area contributed by atoms with E-state index >= 15 is 0 Å². The van der Waals surface area contributed by atoms with Gasteiger partial charge in [-0.3, -0.25) is 4.79 Å². The van der Waals surface area contributed by atoms with Crippen LogP contribution in [0, 0.1) is 17.5 Å². The van der Waals surface area contributed by atoms with Crippen LogP contribution in [0.3, 0.4) is 0 Å². The average Bonchev–Trinajstić information content (AvgIpc) is 3.16. The van der Waals surface area contributed by atoms with Crippen molar-refractivity contribution in [3.05, 3.63) is 46.8 Å². The number of aromatic nitrogens is 3. The highest BCUT2D eigenvalue weighted by molar-refractivity contribution is 6.27. The monoisotopic (exact) mass is 497 g/mol. The number of carboxylic acid groups (broad SMARTS) is 2. The number of hydrogen-bond donors (Lipinski definition) is 3. The molecule has 2 heterocycles. The summed E-state index contributed by atoms with van der Waals surface area (Å²) in [7, 11) is 0. The lowest BCUT2D eigenvalue weighted by atomic mass is 10.0. The van der Waals surface area contributed by atoms with E-state index in [0.717, 1.165) is 4.57 Å². The molecule has 4 N–H and O–H groups in total. The Hall–Kier alpha value is -3.69. The first kappa shape index (κ1) is 26.6. The van der Waals surface area contributed by atoms with E-state index in [4.69, 9.17) is 25.5 Å². The average molecular weight is 497 g/mol. The Morgan fingerprint density at radius 3 is 2.15 bits per heavy atom. The third-order valence-electron chi connectivity index (χ3n) is 4.55. The molecule has 16 heteroatoms. The maximum atomic E-state index is 13.7. The molecule has 1 amide bonds. The number of rotatable bonds is 4. The van der Waals surface area contributed by atoms with Crippen molar-refractivity contribution in [2.45, 2.75) is 38.1 Å². The number of carbonyl (C=O) groups is 3. The number of halogens is 6. The third kappa shape index (κ3) is 6.66. The first-order valence-electron chi connectivity index (χ1n) is 9.33. The number of carboxylic acids is 2. The Balaban J connectivity index is 0.000000604. The summed E-state index contributed by atoms with van der Waals surface area (Å²) in [6.07, 6.45) is -5.11. The second kappa shape index (κ2) is 10.5. The SMILES string of the molecule is N[C@@H](CC(=O)N1CCn2c(nnc2C(F)(F)F)C1)Cc1cc(F)c(F)cc1F.O=C(O)C(=O)O. The molecule has 1 aliphatic rings. The molecule has 1 aromatic heterocycles. The molecule has 34 heavy (non-hydrogen) atoms. The van der Waals surface area contributed by atoms with Gasteiger partial charge in [0, 0.05) is 31.6 Å². The molecule has 0 bridgehead atoms. The fourth-order valence-corrected chi connectivity index (χ4v) is 3.01. The molecule has 0 aliphatic carbocycles. The molecule has 0 fully saturated rings. The van der Waals surface area contributed by atoms with Crippen LogP contribution < -0.4 is 5.73 Å². The first-order valence-corrected chi connectivity index (χ1v) is 9.33. The van der Waals surface area contributed by atoms with Crippen molar-refractivity contribution in [2.24, 2.45) is 5.73 Å². The fraction of sp³-hybridized carbons (Fsp3) is 0.389. The molecular weight excluding hydrogens is 480 g/mol. The van der Waals surface area contributed by atoms with Crippen LogP contribution in [0.2, 0.25) is 0 Å². The van der Waals surface area contributed by atoms with Crippen LogP contribution >= 0.6 is 0 Å². The van der Waals surface area contributed by atoms with Crippen molar-refractivity contribution in [3.63, 3.8) is 0 Å². The van der Waals surface area contributed by atoms with E-state index in [1.807, 2.05) is 0 Å². The topological polar surface area (TPSA) is 152 Å². The predicted octanol–water partition coefficient (Wildman–Crippen LogP) is 1.17. The Morgan fingerprint density at radius 2 is 1.59 bits per heavy atom. The minimum Gasteiger partial charge on any atom is -0.473 e. The van der Waals surface area contributed by atoms with Gasteiger partial charge in [0.15, 0.2) is 17.5 Å². The van der Waals surface area contributed by atoms with Crippen LogP contribution in [-0.2, 0) is 40.1 Å². The third-order valence-corrected chi connectivity index (χ3v) is 4.55. The van der Waals surface area contributed by atoms with Crippen LogP contribution in [0.5, 0.6) is 0 Å². The van der Waals surface area contributed by atoms with Crippen molar-refractivity contribution >= 4 is 17.8 Å². The molecule has 1 aromatic carbocycles. The van der Waals surface area contributed by atoms with Crippen LogP contribution in [0.1, 0.15) is 23.6 Å². The summed E-state index contributed by atoms with van der Waals surface area (Å²) in [6, 6.07) is 0.184. The van der Waals surface area contributed by atoms with Crippen LogP contribution in [0.25, 0.3) is 0 Å². The zero-order valence-electron chi connectivity index (χ0n) is 17.0. The second-order valence-electron chi connectivity index (χ2n) is 7.04. The Labute approximate surface area is 186 Å². The first-order chi connectivity index (χ1) is 15.7. The number of benzene rings is 1. The van der Waals surface area contributed by atoms with Crippen LogP contribution in [0.4, 0.5) is 26.3 Å². The minimum atomic E-state index is -4.64. The van der Waals surface area contributed by atoms with E-state index in [0.29, 0.717) is 12.1 Å². The number of hydrogen-bond acceptors (Lipinski definition) is 6. The highest BCUT2D eigenvalue weighted by atomic mass is 19.4. The Morgan fingerprint density at radius 1 is 1.00 bits per heavy atom. The van der Waals surface area contributed by atoms with E-state index in [2.05, 4.69) is 10.2 Å². The smallest absolute Gasteiger partial charge is 0.451 e. The lowest BCUT2D eigenvalue weighted by Crippen LogP contribution is -2.42. The van der Waals surface area contributed by atoms with Gasteiger partial charge in [-0.15, -0.1) is 10.2 Å². The van der Waals surface area contributed by atoms with Crippen molar-refractivity contribution in [3.8, 4) is 0 Å². The summed E-state index contributed by atoms with van der Waals surface area (Å²) in [4.78, 5) is 31.8. The summed E-state index contributed by atoms with van der Waals surface area (Å²) < 4.78 is 79.3. The highest BCUT2D eigenvalue weighted by Crippen LogP contribution is 2.29. The van der Waals surface area contributed by atoms with Gasteiger partial charge in [-0.1, -0.05) is 0 Å². The molecule has 0 radical (unpaired) electrons. The molecule has 186 valence electrons. The van der Waals surface area contributed by atoms with Crippen molar-refractivity contribution in [1.82, 2.24) is 19.7 Å². The summed E-state index contributed by atoms with van der Waals surface area (Å²) in [5.41, 5.74) is 5.64. The molecule has 0 saturated carbocycles. The molecular formula is C18H17F6N5O5. The normalized spacial score (nSPS) is 14.0. The van der Waals surface area contributed by atoms with Crippen LogP contribution in [0.15, 0.2) is 12.1 Å². The number of nitrogens with zero attached hydrogens (tertiary/aromatic N) is 4. The van der Waals surface area contributed by atoms with Gasteiger partial charge in [-0.2, -0.15) is 13.2 Å². The van der Waals surface area contributed by atoms with Gasteiger partial charge >= 0.3 is 18.1 Å². The van der Waals surface area contributed by atoms with Crippen LogP contribution in [-0.4, -0.2) is 60.3 Å². The molecule has 0 unspecified atom stereocenters. The molecule has 10 nitrogen and oxygen atoms in total. The van der Waals surface area contributed by atoms with Gasteiger partial charge in [0.1, 0.15) is 5.82 Å². The van der Waals surface area contributed by atoms with E-state index in [1.54, 1.807) is 0 Å². The number of amides is 1. The number of aliphatic carboxylic acids is 2. The van der Waals surface area contributed by atoms with Gasteiger partial charge in [-0.25, -0.2) is 22.8 Å². The molecule has 0 saturated heterocycles. The maximum Gasteiger partial charge on any atom is 0.451 e. The maximum absolute atomic E-state index is 13.7. The van der Waals surface area contributed by atoms with Gasteiger partial charge in [-0.05, 0) is 18.1 Å². The van der Waals surface area contributed by atoms with Gasteiger partial charge in [0.05, 0.1) is 6.54 Å². The standard InChI is InChI=1S/C16H15F6N5O.C2H2O4/c17-10-6-12(19)11(18)4-8(10)3-9(23)5-14(28)26-1-2-27-13(7-26)24-25-15(27)16(20,21)22;3-1(4)2(5)6/h4,6,9H,1-3,5,7,23H2;(H,3,4)(H,5,6)/t9-;/m1./s1. The summed E-state index contributed by atoms with van der Waals surface area (Å²) in [5.74, 6) is -8.80. The largest absolute Gasteiger partial charge is 0.473 e. The van der Waals surface area contributed by atoms with Crippen molar-refractivity contribution < 1.29 is 50.9 Å². The lowest BCUT2D eigenvalue weighted by Gasteiger charge is -2.29. The molecule has 3 rings (SSSR count). The molecule has 1 atom stereocenters. The molecule has 0 spiro atoms. The van der Waals surface area contributed by atoms with Crippen molar-refractivity contribution in [2.75, 3.05) is 6.54 Å². The zero-order valence-corrected chi connectivity index (χ0v) is 17.0. The van der Waals surface area contributed by atoms with Crippen molar-refractivity contribution in [1.29, 1.82) is 0 Å². The van der Waals surface area contributed by atoms with E-state index < -0.39 is 53.3 Å². The molecule has 1 aliphatic heterocycles. The Bertz CT molecular complexity index is 1080. The fourth-order valence-electron chi connectivity index (χ4n) is 3.01. The Kier molecular flexibility index (Phi) is 8.20. The van der Waals surface area contributed by atoms with Gasteiger partial charge in [0.2, 0.25) is 11.7 Å². The van der Waals surface area contributed by atoms with Gasteiger partial charge < -0.3 is 25.4 Å². The lowest BCUT2D eigenvalue weighted by molar-refractivity contribution is -0.159. The number of alkyl halides is 3. The number of nitrogens with two attached hydrogens (primary N) is 1. The molecule has 2 aromatic rings. The summed E-state index contributed by atoms with van der Waals surface area (Å²) >= 11 is 0. The quantitative estimate of drug-likeness (QED) is 0.324. The highest BCUT2D eigenvalue weighted by Gasteiger charge is 2.40. The number of fused-ring (bicyclic) bond motifs is 1. The second-order valence-corrected chi connectivity index (χ2v) is 7.04. The zero-order chi connectivity index (χ0) is 25.8. The van der Waals surface area contributed by atoms with E-state index in [9.17, 15) is 31.1 Å². The number of carbonyl (C=O) groups excluding carboxylic acids is 1. The summed E-state index contributed by atoms with van der Waals surface area (Å²) in [6.45, 7) is -0.302. The summed E-state index contributed by atoms with van der Waals surface area (Å²) in [5, 5.41) is 21.4. The van der Waals surface area contributed by atoms with E-state index in [1.165, 1.54) is 4.90 Å². The van der Waals surface area contributed by atoms with Gasteiger partial charge in [0.25, 0.3) is 0 Å².